The van der Waals surface area contributed by atoms with Gasteiger partial charge in [-0.2, -0.15) is 0 Å². The Balaban J connectivity index is 2.57. The minimum atomic E-state index is -0.756. The van der Waals surface area contributed by atoms with Crippen LogP contribution in [0.1, 0.15) is 6.42 Å². The first-order chi connectivity index (χ1) is 8.11. The SMILES string of the molecule is Nc1ccn(C2=CCOCC2)c(=O)c1[N+](=O)[O-]. The number of hydrogen-bond donors (Lipinski definition) is 1. The molecule has 0 aliphatic carbocycles. The maximum absolute atomic E-state index is 11.9. The number of nitrogen functional groups attached to an aromatic ring is 1. The molecular weight excluding hydrogens is 226 g/mol. The number of anilines is 1. The van der Waals surface area contributed by atoms with Gasteiger partial charge in [-0.3, -0.25) is 19.5 Å². The Morgan fingerprint density at radius 1 is 1.53 bits per heavy atom. The van der Waals surface area contributed by atoms with E-state index in [2.05, 4.69) is 0 Å². The molecular formula is C10H11N3O4. The lowest BCUT2D eigenvalue weighted by Gasteiger charge is -2.15. The molecule has 2 heterocycles. The molecule has 1 aromatic rings. The van der Waals surface area contributed by atoms with Gasteiger partial charge < -0.3 is 10.5 Å². The lowest BCUT2D eigenvalue weighted by Crippen LogP contribution is -2.24. The third kappa shape index (κ3) is 2.04. The van der Waals surface area contributed by atoms with Crippen molar-refractivity contribution in [3.8, 4) is 0 Å². The Hall–Kier alpha value is -2.15. The summed E-state index contributed by atoms with van der Waals surface area (Å²) >= 11 is 0. The molecule has 0 amide bonds. The Morgan fingerprint density at radius 3 is 2.88 bits per heavy atom. The van der Waals surface area contributed by atoms with Crippen LogP contribution < -0.4 is 11.3 Å². The molecule has 1 aromatic heterocycles. The first-order valence-corrected chi connectivity index (χ1v) is 5.04. The number of ether oxygens (including phenoxy) is 1. The molecule has 0 atom stereocenters. The third-order valence-electron chi connectivity index (χ3n) is 2.53. The fourth-order valence-corrected chi connectivity index (χ4v) is 1.68. The summed E-state index contributed by atoms with van der Waals surface area (Å²) < 4.78 is 6.36. The number of rotatable bonds is 2. The van der Waals surface area contributed by atoms with E-state index in [1.807, 2.05) is 0 Å². The number of nitrogens with two attached hydrogens (primary N) is 1. The molecule has 0 fully saturated rings. The van der Waals surface area contributed by atoms with Gasteiger partial charge >= 0.3 is 11.2 Å². The lowest BCUT2D eigenvalue weighted by atomic mass is 10.2. The van der Waals surface area contributed by atoms with Gasteiger partial charge in [0.2, 0.25) is 0 Å². The van der Waals surface area contributed by atoms with E-state index in [1.165, 1.54) is 16.8 Å². The van der Waals surface area contributed by atoms with E-state index in [0.717, 1.165) is 0 Å². The van der Waals surface area contributed by atoms with Gasteiger partial charge in [0.05, 0.1) is 18.1 Å². The van der Waals surface area contributed by atoms with E-state index in [9.17, 15) is 14.9 Å². The predicted octanol–water partition coefficient (Wildman–Crippen LogP) is 0.600. The van der Waals surface area contributed by atoms with Crippen molar-refractivity contribution in [1.29, 1.82) is 0 Å². The van der Waals surface area contributed by atoms with Crippen molar-refractivity contribution >= 4 is 17.1 Å². The highest BCUT2D eigenvalue weighted by molar-refractivity contribution is 5.59. The maximum Gasteiger partial charge on any atom is 0.357 e. The van der Waals surface area contributed by atoms with Gasteiger partial charge in [0.1, 0.15) is 5.69 Å². The lowest BCUT2D eigenvalue weighted by molar-refractivity contribution is -0.385. The standard InChI is InChI=1S/C10H11N3O4/c11-8-1-4-12(7-2-5-17-6-3-7)10(14)9(8)13(15)16/h1-2,4H,3,5-6,11H2. The minimum Gasteiger partial charge on any atom is -0.393 e. The third-order valence-corrected chi connectivity index (χ3v) is 2.53. The van der Waals surface area contributed by atoms with E-state index in [1.54, 1.807) is 6.08 Å². The fourth-order valence-electron chi connectivity index (χ4n) is 1.68. The predicted molar refractivity (Wildman–Crippen MR) is 61.5 cm³/mol. The van der Waals surface area contributed by atoms with Crippen LogP contribution in [0.3, 0.4) is 0 Å². The Morgan fingerprint density at radius 2 is 2.29 bits per heavy atom. The van der Waals surface area contributed by atoms with Crippen LogP contribution in [0, 0.1) is 10.1 Å². The van der Waals surface area contributed by atoms with Crippen LogP contribution in [-0.4, -0.2) is 22.7 Å². The summed E-state index contributed by atoms with van der Waals surface area (Å²) in [5, 5.41) is 10.7. The molecule has 1 aliphatic rings. The van der Waals surface area contributed by atoms with Crippen molar-refractivity contribution in [3.63, 3.8) is 0 Å². The molecule has 0 aromatic carbocycles. The molecule has 17 heavy (non-hydrogen) atoms. The van der Waals surface area contributed by atoms with Gasteiger partial charge in [0, 0.05) is 18.3 Å². The van der Waals surface area contributed by atoms with Gasteiger partial charge in [-0.05, 0) is 12.1 Å². The molecule has 0 saturated heterocycles. The minimum absolute atomic E-state index is 0.121. The summed E-state index contributed by atoms with van der Waals surface area (Å²) in [4.78, 5) is 21.9. The Labute approximate surface area is 96.3 Å². The van der Waals surface area contributed by atoms with Crippen LogP contribution >= 0.6 is 0 Å². The van der Waals surface area contributed by atoms with Crippen LogP contribution in [0.25, 0.3) is 5.70 Å². The van der Waals surface area contributed by atoms with E-state index < -0.39 is 16.2 Å². The second-order valence-corrected chi connectivity index (χ2v) is 3.57. The van der Waals surface area contributed by atoms with Crippen molar-refractivity contribution in [2.75, 3.05) is 18.9 Å². The zero-order valence-corrected chi connectivity index (χ0v) is 8.96. The number of pyridine rings is 1. The number of nitro groups is 1. The average molecular weight is 237 g/mol. The van der Waals surface area contributed by atoms with Crippen molar-refractivity contribution in [1.82, 2.24) is 4.57 Å². The molecule has 2 N–H and O–H groups in total. The van der Waals surface area contributed by atoms with Crippen LogP contribution in [-0.2, 0) is 4.74 Å². The topological polar surface area (TPSA) is 100 Å². The van der Waals surface area contributed by atoms with Crippen molar-refractivity contribution < 1.29 is 9.66 Å². The summed E-state index contributed by atoms with van der Waals surface area (Å²) in [6.45, 7) is 0.899. The quantitative estimate of drug-likeness (QED) is 0.599. The molecule has 0 unspecified atom stereocenters. The highest BCUT2D eigenvalue weighted by Gasteiger charge is 2.20. The summed E-state index contributed by atoms with van der Waals surface area (Å²) in [6.07, 6.45) is 3.72. The van der Waals surface area contributed by atoms with Gasteiger partial charge in [-0.25, -0.2) is 0 Å². The Bertz CT molecular complexity index is 547. The highest BCUT2D eigenvalue weighted by atomic mass is 16.6. The van der Waals surface area contributed by atoms with E-state index in [0.29, 0.717) is 25.3 Å². The second kappa shape index (κ2) is 4.38. The zero-order valence-electron chi connectivity index (χ0n) is 8.96. The van der Waals surface area contributed by atoms with E-state index >= 15 is 0 Å². The summed E-state index contributed by atoms with van der Waals surface area (Å²) in [5.41, 5.74) is 4.71. The van der Waals surface area contributed by atoms with Gasteiger partial charge in [-0.1, -0.05) is 0 Å². The first kappa shape index (κ1) is 11.3. The van der Waals surface area contributed by atoms with E-state index in [-0.39, 0.29) is 5.69 Å². The van der Waals surface area contributed by atoms with Gasteiger partial charge in [0.25, 0.3) is 0 Å². The van der Waals surface area contributed by atoms with E-state index in [4.69, 9.17) is 10.5 Å². The molecule has 0 bridgehead atoms. The van der Waals surface area contributed by atoms with Crippen LogP contribution in [0.5, 0.6) is 0 Å². The van der Waals surface area contributed by atoms with Crippen molar-refractivity contribution in [2.45, 2.75) is 6.42 Å². The molecule has 0 spiro atoms. The summed E-state index contributed by atoms with van der Waals surface area (Å²) in [7, 11) is 0. The molecule has 7 nitrogen and oxygen atoms in total. The maximum atomic E-state index is 11.9. The first-order valence-electron chi connectivity index (χ1n) is 5.04. The average Bonchev–Trinajstić information content (AvgIpc) is 2.30. The van der Waals surface area contributed by atoms with Gasteiger partial charge in [-0.15, -0.1) is 0 Å². The van der Waals surface area contributed by atoms with Crippen molar-refractivity contribution in [3.05, 3.63) is 38.8 Å². The molecule has 0 radical (unpaired) electrons. The van der Waals surface area contributed by atoms with Crippen LogP contribution in [0.15, 0.2) is 23.1 Å². The summed E-state index contributed by atoms with van der Waals surface area (Å²) in [6, 6.07) is 1.36. The Kier molecular flexibility index (Phi) is 2.92. The smallest absolute Gasteiger partial charge is 0.357 e. The molecule has 90 valence electrons. The monoisotopic (exact) mass is 237 g/mol. The molecule has 7 heteroatoms. The highest BCUT2D eigenvalue weighted by Crippen LogP contribution is 2.18. The largest absolute Gasteiger partial charge is 0.393 e. The fraction of sp³-hybridized carbons (Fsp3) is 0.300. The molecule has 2 rings (SSSR count). The van der Waals surface area contributed by atoms with Crippen molar-refractivity contribution in [2.24, 2.45) is 0 Å². The molecule has 0 saturated carbocycles. The van der Waals surface area contributed by atoms with Crippen LogP contribution in [0.2, 0.25) is 0 Å². The zero-order chi connectivity index (χ0) is 12.4. The van der Waals surface area contributed by atoms with Gasteiger partial charge in [0.15, 0.2) is 0 Å². The number of aromatic nitrogens is 1. The normalized spacial score (nSPS) is 15.4. The number of nitrogens with zero attached hydrogens (tertiary/aromatic N) is 2. The van der Waals surface area contributed by atoms with Crippen LogP contribution in [0.4, 0.5) is 11.4 Å². The molecule has 1 aliphatic heterocycles. The second-order valence-electron chi connectivity index (χ2n) is 3.57. The summed E-state index contributed by atoms with van der Waals surface area (Å²) in [5.74, 6) is 0. The number of hydrogen-bond acceptors (Lipinski definition) is 5.